The summed E-state index contributed by atoms with van der Waals surface area (Å²) in [7, 11) is 0. The maximum absolute atomic E-state index is 11.9. The molecule has 94 valence electrons. The summed E-state index contributed by atoms with van der Waals surface area (Å²) >= 11 is 0. The molecule has 1 aliphatic rings. The fourth-order valence-corrected chi connectivity index (χ4v) is 2.31. The van der Waals surface area contributed by atoms with Gasteiger partial charge in [-0.3, -0.25) is 9.78 Å². The number of fused-ring (bicyclic) bond motifs is 2. The number of amides is 1. The van der Waals surface area contributed by atoms with Gasteiger partial charge in [-0.05, 0) is 29.3 Å². The van der Waals surface area contributed by atoms with Crippen LogP contribution in [-0.2, 0) is 11.3 Å². The van der Waals surface area contributed by atoms with E-state index in [2.05, 4.69) is 4.98 Å². The van der Waals surface area contributed by atoms with Crippen molar-refractivity contribution in [3.63, 3.8) is 0 Å². The van der Waals surface area contributed by atoms with Crippen LogP contribution in [0.15, 0.2) is 42.6 Å². The van der Waals surface area contributed by atoms with Crippen LogP contribution in [0.2, 0.25) is 0 Å². The van der Waals surface area contributed by atoms with Crippen LogP contribution in [0, 0.1) is 0 Å². The highest BCUT2D eigenvalue weighted by atomic mass is 16.2. The summed E-state index contributed by atoms with van der Waals surface area (Å²) in [5.74, 6) is 0.0394. The Morgan fingerprint density at radius 1 is 1.16 bits per heavy atom. The average Bonchev–Trinajstić information content (AvgIpc) is 2.41. The van der Waals surface area contributed by atoms with Crippen LogP contribution >= 0.6 is 0 Å². The van der Waals surface area contributed by atoms with Crippen molar-refractivity contribution in [2.45, 2.75) is 13.5 Å². The SMILES string of the molecule is CC(=O)N1Cc2cccnc2C=Cc2ccccc21. The molecule has 3 rings (SSSR count). The van der Waals surface area contributed by atoms with Gasteiger partial charge in [0, 0.05) is 13.1 Å². The lowest BCUT2D eigenvalue weighted by molar-refractivity contribution is -0.116. The highest BCUT2D eigenvalue weighted by Crippen LogP contribution is 2.27. The molecular weight excluding hydrogens is 236 g/mol. The minimum atomic E-state index is 0.0394. The summed E-state index contributed by atoms with van der Waals surface area (Å²) in [6.45, 7) is 2.15. The molecule has 19 heavy (non-hydrogen) atoms. The second-order valence-corrected chi connectivity index (χ2v) is 4.55. The van der Waals surface area contributed by atoms with Gasteiger partial charge in [-0.15, -0.1) is 0 Å². The predicted molar refractivity (Wildman–Crippen MR) is 76.5 cm³/mol. The van der Waals surface area contributed by atoms with Gasteiger partial charge < -0.3 is 4.90 Å². The first-order valence-electron chi connectivity index (χ1n) is 6.25. The number of benzene rings is 1. The van der Waals surface area contributed by atoms with E-state index in [0.717, 1.165) is 22.5 Å². The number of hydrogen-bond donors (Lipinski definition) is 0. The molecule has 0 atom stereocenters. The molecule has 0 unspecified atom stereocenters. The van der Waals surface area contributed by atoms with Gasteiger partial charge in [-0.1, -0.05) is 30.3 Å². The van der Waals surface area contributed by atoms with E-state index in [0.29, 0.717) is 6.54 Å². The summed E-state index contributed by atoms with van der Waals surface area (Å²) in [6.07, 6.45) is 5.79. The van der Waals surface area contributed by atoms with Gasteiger partial charge in [0.2, 0.25) is 5.91 Å². The van der Waals surface area contributed by atoms with Crippen molar-refractivity contribution in [1.82, 2.24) is 4.98 Å². The van der Waals surface area contributed by atoms with Crippen LogP contribution in [0.25, 0.3) is 12.2 Å². The van der Waals surface area contributed by atoms with Gasteiger partial charge >= 0.3 is 0 Å². The molecule has 2 heterocycles. The average molecular weight is 250 g/mol. The zero-order valence-electron chi connectivity index (χ0n) is 10.7. The standard InChI is InChI=1S/C16H14N2O/c1-12(19)18-11-14-6-4-10-17-15(14)9-8-13-5-2-3-7-16(13)18/h2-10H,11H2,1H3. The smallest absolute Gasteiger partial charge is 0.224 e. The quantitative estimate of drug-likeness (QED) is 0.719. The van der Waals surface area contributed by atoms with Gasteiger partial charge in [0.1, 0.15) is 0 Å². The van der Waals surface area contributed by atoms with Gasteiger partial charge in [0.15, 0.2) is 0 Å². The minimum absolute atomic E-state index is 0.0394. The molecule has 3 heteroatoms. The first-order valence-corrected chi connectivity index (χ1v) is 6.25. The highest BCUT2D eigenvalue weighted by molar-refractivity contribution is 5.95. The van der Waals surface area contributed by atoms with Crippen molar-refractivity contribution in [3.05, 3.63) is 59.4 Å². The zero-order valence-corrected chi connectivity index (χ0v) is 10.7. The molecule has 0 radical (unpaired) electrons. The molecule has 0 spiro atoms. The molecule has 0 bridgehead atoms. The Morgan fingerprint density at radius 3 is 2.84 bits per heavy atom. The number of nitrogens with zero attached hydrogens (tertiary/aromatic N) is 2. The topological polar surface area (TPSA) is 33.2 Å². The van der Waals surface area contributed by atoms with E-state index in [-0.39, 0.29) is 5.91 Å². The van der Waals surface area contributed by atoms with Gasteiger partial charge in [0.05, 0.1) is 17.9 Å². The molecule has 1 aromatic carbocycles. The monoisotopic (exact) mass is 250 g/mol. The maximum atomic E-state index is 11.9. The van der Waals surface area contributed by atoms with Crippen molar-refractivity contribution in [1.29, 1.82) is 0 Å². The second kappa shape index (κ2) is 4.69. The molecule has 0 fully saturated rings. The number of para-hydroxylation sites is 1. The van der Waals surface area contributed by atoms with E-state index >= 15 is 0 Å². The molecule has 3 nitrogen and oxygen atoms in total. The molecular formula is C16H14N2O. The summed E-state index contributed by atoms with van der Waals surface area (Å²) in [4.78, 5) is 18.1. The Labute approximate surface area is 112 Å². The third-order valence-corrected chi connectivity index (χ3v) is 3.28. The lowest BCUT2D eigenvalue weighted by atomic mass is 10.0. The fourth-order valence-electron chi connectivity index (χ4n) is 2.31. The molecule has 2 aromatic rings. The van der Waals surface area contributed by atoms with Gasteiger partial charge in [-0.2, -0.15) is 0 Å². The van der Waals surface area contributed by atoms with Crippen molar-refractivity contribution in [2.75, 3.05) is 4.90 Å². The number of hydrogen-bond acceptors (Lipinski definition) is 2. The number of pyridine rings is 1. The van der Waals surface area contributed by atoms with Crippen LogP contribution in [0.4, 0.5) is 5.69 Å². The predicted octanol–water partition coefficient (Wildman–Crippen LogP) is 3.12. The fraction of sp³-hybridized carbons (Fsp3) is 0.125. The summed E-state index contributed by atoms with van der Waals surface area (Å²) in [6, 6.07) is 11.8. The number of carbonyl (C=O) groups excluding carboxylic acids is 1. The Morgan fingerprint density at radius 2 is 2.00 bits per heavy atom. The van der Waals surface area contributed by atoms with E-state index in [1.54, 1.807) is 18.0 Å². The summed E-state index contributed by atoms with van der Waals surface area (Å²) in [5, 5.41) is 0. The Hall–Kier alpha value is -2.42. The van der Waals surface area contributed by atoms with Crippen LogP contribution < -0.4 is 4.90 Å². The maximum Gasteiger partial charge on any atom is 0.224 e. The van der Waals surface area contributed by atoms with Crippen molar-refractivity contribution >= 4 is 23.7 Å². The minimum Gasteiger partial charge on any atom is -0.308 e. The molecule has 0 saturated carbocycles. The Bertz CT molecular complexity index is 661. The third kappa shape index (κ3) is 2.15. The molecule has 0 aliphatic carbocycles. The molecule has 1 aliphatic heterocycles. The van der Waals surface area contributed by atoms with E-state index in [1.165, 1.54) is 0 Å². The molecule has 0 N–H and O–H groups in total. The van der Waals surface area contributed by atoms with Gasteiger partial charge in [0.25, 0.3) is 0 Å². The Kier molecular flexibility index (Phi) is 2.88. The van der Waals surface area contributed by atoms with Crippen molar-refractivity contribution in [2.24, 2.45) is 0 Å². The first-order chi connectivity index (χ1) is 9.25. The summed E-state index contributed by atoms with van der Waals surface area (Å²) in [5.41, 5.74) is 3.96. The first kappa shape index (κ1) is 11.7. The molecule has 1 aromatic heterocycles. The van der Waals surface area contributed by atoms with Crippen LogP contribution in [0.5, 0.6) is 0 Å². The van der Waals surface area contributed by atoms with Crippen molar-refractivity contribution < 1.29 is 4.79 Å². The normalized spacial score (nSPS) is 13.2. The van der Waals surface area contributed by atoms with Gasteiger partial charge in [-0.25, -0.2) is 0 Å². The molecule has 1 amide bonds. The van der Waals surface area contributed by atoms with Crippen LogP contribution in [-0.4, -0.2) is 10.9 Å². The van der Waals surface area contributed by atoms with E-state index in [9.17, 15) is 4.79 Å². The third-order valence-electron chi connectivity index (χ3n) is 3.28. The van der Waals surface area contributed by atoms with Crippen molar-refractivity contribution in [3.8, 4) is 0 Å². The van der Waals surface area contributed by atoms with E-state index < -0.39 is 0 Å². The number of rotatable bonds is 0. The number of aromatic nitrogens is 1. The number of anilines is 1. The largest absolute Gasteiger partial charge is 0.308 e. The van der Waals surface area contributed by atoms with Crippen LogP contribution in [0.3, 0.4) is 0 Å². The lowest BCUT2D eigenvalue weighted by Crippen LogP contribution is -2.29. The van der Waals surface area contributed by atoms with Crippen LogP contribution in [0.1, 0.15) is 23.7 Å². The molecule has 0 saturated heterocycles. The Balaban J connectivity index is 2.19. The zero-order chi connectivity index (χ0) is 13.2. The van der Waals surface area contributed by atoms with E-state index in [4.69, 9.17) is 0 Å². The highest BCUT2D eigenvalue weighted by Gasteiger charge is 2.17. The summed E-state index contributed by atoms with van der Waals surface area (Å²) < 4.78 is 0. The van der Waals surface area contributed by atoms with E-state index in [1.807, 2.05) is 48.6 Å². The second-order valence-electron chi connectivity index (χ2n) is 4.55. The lowest BCUT2D eigenvalue weighted by Gasteiger charge is -2.25. The number of carbonyl (C=O) groups is 1.